The topological polar surface area (TPSA) is 46.2 Å². The van der Waals surface area contributed by atoms with Gasteiger partial charge in [-0.15, -0.1) is 0 Å². The van der Waals surface area contributed by atoms with E-state index in [4.69, 9.17) is 5.73 Å². The fraction of sp³-hybridized carbons (Fsp3) is 0.333. The quantitative estimate of drug-likeness (QED) is 0.858. The van der Waals surface area contributed by atoms with Gasteiger partial charge >= 0.3 is 0 Å². The van der Waals surface area contributed by atoms with Crippen LogP contribution in [0.3, 0.4) is 0 Å². The van der Waals surface area contributed by atoms with Crippen LogP contribution in [0.4, 0.5) is 4.39 Å². The van der Waals surface area contributed by atoms with E-state index in [1.165, 1.54) is 11.6 Å². The molecule has 0 radical (unpaired) electrons. The molecule has 2 aromatic carbocycles. The molecule has 2 rings (SSSR count). The Kier molecular flexibility index (Phi) is 5.10. The average Bonchev–Trinajstić information content (AvgIpc) is 2.54. The van der Waals surface area contributed by atoms with Crippen molar-refractivity contribution in [3.63, 3.8) is 0 Å². The number of aliphatic hydroxyl groups is 1. The summed E-state index contributed by atoms with van der Waals surface area (Å²) in [5.41, 5.74) is 7.91. The van der Waals surface area contributed by atoms with Crippen molar-refractivity contribution in [3.05, 3.63) is 71.0 Å². The molecule has 1 unspecified atom stereocenters. The summed E-state index contributed by atoms with van der Waals surface area (Å²) in [6.07, 6.45) is 1.50. The molecule has 0 aliphatic rings. The molecule has 2 aromatic rings. The van der Waals surface area contributed by atoms with Crippen molar-refractivity contribution < 1.29 is 9.50 Å². The van der Waals surface area contributed by atoms with E-state index in [9.17, 15) is 9.50 Å². The van der Waals surface area contributed by atoms with E-state index in [-0.39, 0.29) is 19.0 Å². The molecule has 0 aromatic heterocycles. The molecule has 1 atom stereocenters. The molecule has 0 fully saturated rings. The van der Waals surface area contributed by atoms with E-state index in [0.717, 1.165) is 12.0 Å². The van der Waals surface area contributed by atoms with Crippen LogP contribution in [0.15, 0.2) is 48.5 Å². The van der Waals surface area contributed by atoms with Crippen molar-refractivity contribution in [3.8, 4) is 0 Å². The number of hydrogen-bond acceptors (Lipinski definition) is 2. The number of rotatable bonds is 6. The van der Waals surface area contributed by atoms with E-state index in [1.54, 1.807) is 18.2 Å². The van der Waals surface area contributed by atoms with Crippen molar-refractivity contribution >= 4 is 0 Å². The van der Waals surface area contributed by atoms with Gasteiger partial charge in [0.1, 0.15) is 5.82 Å². The predicted octanol–water partition coefficient (Wildman–Crippen LogP) is 2.82. The van der Waals surface area contributed by atoms with E-state index in [1.807, 2.05) is 12.1 Å². The molecule has 0 amide bonds. The van der Waals surface area contributed by atoms with Crippen LogP contribution in [0.5, 0.6) is 0 Å². The van der Waals surface area contributed by atoms with Crippen LogP contribution in [0.1, 0.15) is 23.6 Å². The molecule has 0 saturated carbocycles. The number of halogens is 1. The van der Waals surface area contributed by atoms with Gasteiger partial charge in [0.15, 0.2) is 0 Å². The van der Waals surface area contributed by atoms with E-state index < -0.39 is 5.41 Å². The first-order valence-electron chi connectivity index (χ1n) is 7.29. The Hall–Kier alpha value is -1.71. The zero-order chi connectivity index (χ0) is 15.3. The van der Waals surface area contributed by atoms with Crippen molar-refractivity contribution in [2.24, 2.45) is 5.73 Å². The minimum absolute atomic E-state index is 0.181. The second kappa shape index (κ2) is 6.83. The fourth-order valence-electron chi connectivity index (χ4n) is 2.66. The van der Waals surface area contributed by atoms with Gasteiger partial charge in [0.25, 0.3) is 0 Å². The standard InChI is InChI=1S/C18H22FNO/c1-2-14-7-9-15(10-8-14)11-18(12-20,13-21)16-5-3-4-6-17(16)19/h3-10,21H,2,11-13,20H2,1H3. The molecule has 0 aliphatic carbocycles. The maximum atomic E-state index is 14.1. The largest absolute Gasteiger partial charge is 0.395 e. The third-order valence-electron chi connectivity index (χ3n) is 4.11. The van der Waals surface area contributed by atoms with Gasteiger partial charge in [-0.2, -0.15) is 0 Å². The fourth-order valence-corrected chi connectivity index (χ4v) is 2.66. The van der Waals surface area contributed by atoms with Gasteiger partial charge < -0.3 is 10.8 Å². The number of aryl methyl sites for hydroxylation is 1. The highest BCUT2D eigenvalue weighted by Crippen LogP contribution is 2.29. The molecule has 0 spiro atoms. The van der Waals surface area contributed by atoms with Crippen LogP contribution in [-0.2, 0) is 18.3 Å². The second-order valence-electron chi connectivity index (χ2n) is 5.47. The Bertz CT molecular complexity index is 576. The van der Waals surface area contributed by atoms with Crippen molar-refractivity contribution in [2.75, 3.05) is 13.2 Å². The molecular formula is C18H22FNO. The molecule has 3 N–H and O–H groups in total. The Morgan fingerprint density at radius 2 is 1.67 bits per heavy atom. The van der Waals surface area contributed by atoms with Crippen LogP contribution in [0.25, 0.3) is 0 Å². The van der Waals surface area contributed by atoms with Gasteiger partial charge in [-0.3, -0.25) is 0 Å². The second-order valence-corrected chi connectivity index (χ2v) is 5.47. The molecule has 0 heterocycles. The lowest BCUT2D eigenvalue weighted by Gasteiger charge is -2.31. The first kappa shape index (κ1) is 15.7. The summed E-state index contributed by atoms with van der Waals surface area (Å²) in [4.78, 5) is 0. The summed E-state index contributed by atoms with van der Waals surface area (Å²) >= 11 is 0. The highest BCUT2D eigenvalue weighted by atomic mass is 19.1. The minimum atomic E-state index is -0.779. The summed E-state index contributed by atoms with van der Waals surface area (Å²) in [6.45, 7) is 2.12. The van der Waals surface area contributed by atoms with E-state index >= 15 is 0 Å². The summed E-state index contributed by atoms with van der Waals surface area (Å²) < 4.78 is 14.1. The Labute approximate surface area is 125 Å². The van der Waals surface area contributed by atoms with Crippen LogP contribution < -0.4 is 5.73 Å². The maximum Gasteiger partial charge on any atom is 0.127 e. The van der Waals surface area contributed by atoms with Gasteiger partial charge in [-0.05, 0) is 35.6 Å². The van der Waals surface area contributed by atoms with E-state index in [2.05, 4.69) is 19.1 Å². The van der Waals surface area contributed by atoms with Crippen LogP contribution >= 0.6 is 0 Å². The van der Waals surface area contributed by atoms with Crippen LogP contribution in [-0.4, -0.2) is 18.3 Å². The van der Waals surface area contributed by atoms with Gasteiger partial charge in [0.2, 0.25) is 0 Å². The lowest BCUT2D eigenvalue weighted by Crippen LogP contribution is -2.41. The summed E-state index contributed by atoms with van der Waals surface area (Å²) in [5.74, 6) is -0.317. The van der Waals surface area contributed by atoms with Gasteiger partial charge in [-0.1, -0.05) is 49.4 Å². The summed E-state index contributed by atoms with van der Waals surface area (Å²) in [6, 6.07) is 14.7. The third kappa shape index (κ3) is 3.31. The maximum absolute atomic E-state index is 14.1. The number of benzene rings is 2. The molecule has 0 aliphatic heterocycles. The monoisotopic (exact) mass is 287 g/mol. The Morgan fingerprint density at radius 1 is 1.05 bits per heavy atom. The highest BCUT2D eigenvalue weighted by Gasteiger charge is 2.32. The Morgan fingerprint density at radius 3 is 2.19 bits per heavy atom. The van der Waals surface area contributed by atoms with Gasteiger partial charge in [-0.25, -0.2) is 4.39 Å². The first-order valence-corrected chi connectivity index (χ1v) is 7.29. The first-order chi connectivity index (χ1) is 10.1. The summed E-state index contributed by atoms with van der Waals surface area (Å²) in [7, 11) is 0. The number of hydrogen-bond donors (Lipinski definition) is 2. The number of aliphatic hydroxyl groups excluding tert-OH is 1. The molecule has 0 bridgehead atoms. The van der Waals surface area contributed by atoms with Crippen molar-refractivity contribution in [2.45, 2.75) is 25.2 Å². The summed E-state index contributed by atoms with van der Waals surface area (Å²) in [5, 5.41) is 9.87. The smallest absolute Gasteiger partial charge is 0.127 e. The molecule has 3 heteroatoms. The van der Waals surface area contributed by atoms with E-state index in [0.29, 0.717) is 12.0 Å². The molecule has 21 heavy (non-hydrogen) atoms. The zero-order valence-electron chi connectivity index (χ0n) is 12.3. The van der Waals surface area contributed by atoms with Crippen molar-refractivity contribution in [1.82, 2.24) is 0 Å². The lowest BCUT2D eigenvalue weighted by molar-refractivity contribution is 0.192. The molecule has 0 saturated heterocycles. The van der Waals surface area contributed by atoms with Gasteiger partial charge in [0.05, 0.1) is 6.61 Å². The SMILES string of the molecule is CCc1ccc(CC(CN)(CO)c2ccccc2F)cc1. The lowest BCUT2D eigenvalue weighted by atomic mass is 9.76. The zero-order valence-corrected chi connectivity index (χ0v) is 12.3. The normalized spacial score (nSPS) is 13.9. The Balaban J connectivity index is 2.36. The minimum Gasteiger partial charge on any atom is -0.395 e. The van der Waals surface area contributed by atoms with Crippen molar-refractivity contribution in [1.29, 1.82) is 0 Å². The molecule has 2 nitrogen and oxygen atoms in total. The van der Waals surface area contributed by atoms with Crippen LogP contribution in [0, 0.1) is 5.82 Å². The van der Waals surface area contributed by atoms with Gasteiger partial charge in [0, 0.05) is 12.0 Å². The molecular weight excluding hydrogens is 265 g/mol. The third-order valence-corrected chi connectivity index (χ3v) is 4.11. The highest BCUT2D eigenvalue weighted by molar-refractivity contribution is 5.32. The predicted molar refractivity (Wildman–Crippen MR) is 83.7 cm³/mol. The molecule has 112 valence electrons. The number of nitrogens with two attached hydrogens (primary N) is 1. The van der Waals surface area contributed by atoms with Crippen LogP contribution in [0.2, 0.25) is 0 Å². The average molecular weight is 287 g/mol.